The molecule has 3 rings (SSSR count). The van der Waals surface area contributed by atoms with Gasteiger partial charge in [0.1, 0.15) is 0 Å². The Balaban J connectivity index is 0.000000285. The van der Waals surface area contributed by atoms with Crippen molar-refractivity contribution in [2.75, 3.05) is 13.1 Å². The summed E-state index contributed by atoms with van der Waals surface area (Å²) in [6.45, 7) is 12.9. The molecule has 1 fully saturated rings. The van der Waals surface area contributed by atoms with Gasteiger partial charge in [0, 0.05) is 32.5 Å². The van der Waals surface area contributed by atoms with Gasteiger partial charge in [-0.25, -0.2) is 4.98 Å². The van der Waals surface area contributed by atoms with E-state index >= 15 is 0 Å². The number of amides is 3. The number of rotatable bonds is 8. The fourth-order valence-corrected chi connectivity index (χ4v) is 4.21. The summed E-state index contributed by atoms with van der Waals surface area (Å²) >= 11 is 1.64. The highest BCUT2D eigenvalue weighted by Crippen LogP contribution is 2.27. The second kappa shape index (κ2) is 16.0. The van der Waals surface area contributed by atoms with Gasteiger partial charge < -0.3 is 16.0 Å². The SMILES string of the molecule is CC(C)(C)CC(=O)N1CCCC1.CCCCC(N)=O.Cc1ncsc1-c1ccc(CNC=O)cc1. The lowest BCUT2D eigenvalue weighted by Crippen LogP contribution is -2.30. The van der Waals surface area contributed by atoms with Gasteiger partial charge in [-0.05, 0) is 42.7 Å². The fourth-order valence-electron chi connectivity index (χ4n) is 3.40. The smallest absolute Gasteiger partial charge is 0.223 e. The van der Waals surface area contributed by atoms with Crippen LogP contribution in [0.5, 0.6) is 0 Å². The first kappa shape index (κ1) is 30.3. The van der Waals surface area contributed by atoms with Crippen LogP contribution in [0.2, 0.25) is 0 Å². The number of aromatic nitrogens is 1. The van der Waals surface area contributed by atoms with Gasteiger partial charge in [0.2, 0.25) is 18.2 Å². The van der Waals surface area contributed by atoms with Gasteiger partial charge in [0.15, 0.2) is 0 Å². The molecule has 194 valence electrons. The van der Waals surface area contributed by atoms with Crippen molar-refractivity contribution in [2.24, 2.45) is 11.1 Å². The molecule has 0 unspecified atom stereocenters. The van der Waals surface area contributed by atoms with E-state index in [1.54, 1.807) is 11.3 Å². The Hall–Kier alpha value is -2.74. The molecule has 0 bridgehead atoms. The molecule has 0 radical (unpaired) electrons. The minimum atomic E-state index is -0.193. The van der Waals surface area contributed by atoms with Crippen molar-refractivity contribution in [3.05, 3.63) is 41.0 Å². The van der Waals surface area contributed by atoms with Gasteiger partial charge in [0.05, 0.1) is 16.1 Å². The van der Waals surface area contributed by atoms with E-state index in [1.165, 1.54) is 23.3 Å². The van der Waals surface area contributed by atoms with E-state index in [1.807, 2.05) is 36.4 Å². The molecule has 7 nitrogen and oxygen atoms in total. The summed E-state index contributed by atoms with van der Waals surface area (Å²) in [5.74, 6) is 0.141. The highest BCUT2D eigenvalue weighted by molar-refractivity contribution is 7.13. The molecular weight excluding hydrogens is 460 g/mol. The Morgan fingerprint density at radius 1 is 1.17 bits per heavy atom. The van der Waals surface area contributed by atoms with Crippen LogP contribution in [0.1, 0.15) is 77.5 Å². The number of hydrogen-bond acceptors (Lipinski definition) is 5. The predicted molar refractivity (Wildman–Crippen MR) is 144 cm³/mol. The van der Waals surface area contributed by atoms with Gasteiger partial charge in [-0.3, -0.25) is 14.4 Å². The van der Waals surface area contributed by atoms with Crippen molar-refractivity contribution >= 4 is 29.6 Å². The highest BCUT2D eigenvalue weighted by atomic mass is 32.1. The van der Waals surface area contributed by atoms with Crippen LogP contribution in [0, 0.1) is 12.3 Å². The van der Waals surface area contributed by atoms with Crippen molar-refractivity contribution in [1.82, 2.24) is 15.2 Å². The summed E-state index contributed by atoms with van der Waals surface area (Å²) in [7, 11) is 0. The summed E-state index contributed by atoms with van der Waals surface area (Å²) in [5, 5.41) is 2.64. The Morgan fingerprint density at radius 3 is 2.23 bits per heavy atom. The lowest BCUT2D eigenvalue weighted by molar-refractivity contribution is -0.132. The molecule has 1 aliphatic heterocycles. The van der Waals surface area contributed by atoms with Gasteiger partial charge in [-0.2, -0.15) is 0 Å². The molecule has 3 amide bonds. The minimum Gasteiger partial charge on any atom is -0.370 e. The topological polar surface area (TPSA) is 105 Å². The first-order valence-corrected chi connectivity index (χ1v) is 13.2. The molecule has 1 aromatic heterocycles. The fraction of sp³-hybridized carbons (Fsp3) is 0.556. The van der Waals surface area contributed by atoms with E-state index in [9.17, 15) is 14.4 Å². The number of likely N-dealkylation sites (tertiary alicyclic amines) is 1. The Labute approximate surface area is 214 Å². The number of primary amides is 1. The normalized spacial score (nSPS) is 12.7. The highest BCUT2D eigenvalue weighted by Gasteiger charge is 2.22. The number of thiazole rings is 1. The van der Waals surface area contributed by atoms with Gasteiger partial charge in [-0.1, -0.05) is 58.4 Å². The minimum absolute atomic E-state index is 0.139. The number of aryl methyl sites for hydroxylation is 1. The van der Waals surface area contributed by atoms with Gasteiger partial charge >= 0.3 is 0 Å². The molecule has 3 N–H and O–H groups in total. The largest absolute Gasteiger partial charge is 0.370 e. The third-order valence-electron chi connectivity index (χ3n) is 5.27. The first-order valence-electron chi connectivity index (χ1n) is 12.3. The maximum Gasteiger partial charge on any atom is 0.223 e. The monoisotopic (exact) mass is 502 g/mol. The second-order valence-electron chi connectivity index (χ2n) is 9.86. The number of nitrogens with two attached hydrogens (primary N) is 1. The zero-order chi connectivity index (χ0) is 26.3. The van der Waals surface area contributed by atoms with E-state index in [-0.39, 0.29) is 11.3 Å². The van der Waals surface area contributed by atoms with Crippen molar-refractivity contribution < 1.29 is 14.4 Å². The molecule has 8 heteroatoms. The van der Waals surface area contributed by atoms with E-state index in [0.717, 1.165) is 37.2 Å². The molecule has 1 aliphatic rings. The number of hydrogen-bond donors (Lipinski definition) is 2. The molecule has 2 heterocycles. The third-order valence-corrected chi connectivity index (χ3v) is 6.25. The lowest BCUT2D eigenvalue weighted by Gasteiger charge is -2.22. The van der Waals surface area contributed by atoms with E-state index < -0.39 is 0 Å². The van der Waals surface area contributed by atoms with Crippen molar-refractivity contribution in [3.63, 3.8) is 0 Å². The van der Waals surface area contributed by atoms with Crippen molar-refractivity contribution in [2.45, 2.75) is 79.7 Å². The summed E-state index contributed by atoms with van der Waals surface area (Å²) < 4.78 is 0. The van der Waals surface area contributed by atoms with Crippen LogP contribution in [-0.4, -0.2) is 41.2 Å². The van der Waals surface area contributed by atoms with Crippen LogP contribution in [0.15, 0.2) is 29.8 Å². The quantitative estimate of drug-likeness (QED) is 0.492. The number of nitrogens with one attached hydrogen (secondary N) is 1. The van der Waals surface area contributed by atoms with Crippen LogP contribution in [0.3, 0.4) is 0 Å². The zero-order valence-electron chi connectivity index (χ0n) is 21.9. The van der Waals surface area contributed by atoms with Crippen LogP contribution in [-0.2, 0) is 20.9 Å². The van der Waals surface area contributed by atoms with Crippen LogP contribution in [0.25, 0.3) is 10.4 Å². The molecule has 0 spiro atoms. The molecule has 35 heavy (non-hydrogen) atoms. The Bertz CT molecular complexity index is 898. The predicted octanol–water partition coefficient (Wildman–Crippen LogP) is 5.07. The Kier molecular flexibility index (Phi) is 13.9. The molecular formula is C27H42N4O3S. The average Bonchev–Trinajstić information content (AvgIpc) is 3.48. The molecule has 0 aliphatic carbocycles. The molecule has 1 saturated heterocycles. The first-order chi connectivity index (χ1) is 16.6. The summed E-state index contributed by atoms with van der Waals surface area (Å²) in [6, 6.07) is 8.15. The van der Waals surface area contributed by atoms with E-state index in [0.29, 0.717) is 31.7 Å². The third kappa shape index (κ3) is 13.1. The average molecular weight is 503 g/mol. The standard InChI is InChI=1S/C12H12N2OS.C10H19NO.C5H11NO/c1-9-12(16-8-14-9)11-4-2-10(3-5-11)6-13-7-15;1-10(2,3)8-9(12)11-6-4-5-7-11;1-2-3-4-5(6)7/h2-5,7-8H,6H2,1H3,(H,13,15);4-8H2,1-3H3;2-4H2,1H3,(H2,6,7). The molecule has 0 saturated carbocycles. The molecule has 0 atom stereocenters. The van der Waals surface area contributed by atoms with Crippen LogP contribution >= 0.6 is 11.3 Å². The Morgan fingerprint density at radius 2 is 1.80 bits per heavy atom. The molecule has 1 aromatic carbocycles. The van der Waals surface area contributed by atoms with Gasteiger partial charge in [-0.15, -0.1) is 11.3 Å². The number of unbranched alkanes of at least 4 members (excludes halogenated alkanes) is 1. The number of benzene rings is 1. The van der Waals surface area contributed by atoms with E-state index in [4.69, 9.17) is 5.73 Å². The number of nitrogens with zero attached hydrogens (tertiary/aromatic N) is 2. The zero-order valence-corrected chi connectivity index (χ0v) is 22.7. The van der Waals surface area contributed by atoms with Crippen LogP contribution < -0.4 is 11.1 Å². The van der Waals surface area contributed by atoms with Gasteiger partial charge in [0.25, 0.3) is 0 Å². The summed E-state index contributed by atoms with van der Waals surface area (Å²) in [4.78, 5) is 39.1. The summed E-state index contributed by atoms with van der Waals surface area (Å²) in [5.41, 5.74) is 10.2. The summed E-state index contributed by atoms with van der Waals surface area (Å²) in [6.07, 6.45) is 6.29. The van der Waals surface area contributed by atoms with Crippen LogP contribution in [0.4, 0.5) is 0 Å². The van der Waals surface area contributed by atoms with E-state index in [2.05, 4.69) is 43.2 Å². The lowest BCUT2D eigenvalue weighted by atomic mass is 9.92. The number of carbonyl (C=O) groups is 3. The molecule has 2 aromatic rings. The number of carbonyl (C=O) groups excluding carboxylic acids is 3. The van der Waals surface area contributed by atoms with Crippen molar-refractivity contribution in [3.8, 4) is 10.4 Å². The maximum atomic E-state index is 11.6. The second-order valence-corrected chi connectivity index (χ2v) is 10.7. The van der Waals surface area contributed by atoms with Crippen molar-refractivity contribution in [1.29, 1.82) is 0 Å². The maximum absolute atomic E-state index is 11.6.